The summed E-state index contributed by atoms with van der Waals surface area (Å²) in [4.78, 5) is 0. The largest absolute Gasteiger partial charge is 0.390 e. The van der Waals surface area contributed by atoms with Crippen LogP contribution in [-0.4, -0.2) is 56.0 Å². The zero-order valence-electron chi connectivity index (χ0n) is 9.63. The molecular weight excluding hydrogens is 248 g/mol. The molecule has 0 aromatic carbocycles. The van der Waals surface area contributed by atoms with Crippen molar-refractivity contribution in [2.75, 3.05) is 18.1 Å². The van der Waals surface area contributed by atoms with Gasteiger partial charge in [-0.15, -0.1) is 23.5 Å². The third-order valence-corrected chi connectivity index (χ3v) is 5.36. The topological polar surface area (TPSA) is 69.9 Å². The number of ether oxygens (including phenoxy) is 1. The van der Waals surface area contributed by atoms with E-state index < -0.39 is 18.0 Å². The van der Waals surface area contributed by atoms with E-state index in [-0.39, 0.29) is 11.2 Å². The molecule has 0 bridgehead atoms. The van der Waals surface area contributed by atoms with E-state index in [0.717, 1.165) is 11.5 Å². The summed E-state index contributed by atoms with van der Waals surface area (Å²) in [5.74, 6) is 0.875. The maximum Gasteiger partial charge on any atom is 0.159 e. The second-order valence-corrected chi connectivity index (χ2v) is 7.05. The highest BCUT2D eigenvalue weighted by molar-refractivity contribution is 8.20. The Morgan fingerprint density at radius 3 is 2.38 bits per heavy atom. The molecule has 1 fully saturated rings. The molecule has 1 aliphatic heterocycles. The van der Waals surface area contributed by atoms with E-state index in [0.29, 0.717) is 6.42 Å². The van der Waals surface area contributed by atoms with Crippen LogP contribution in [0.15, 0.2) is 0 Å². The van der Waals surface area contributed by atoms with Crippen molar-refractivity contribution in [3.05, 3.63) is 0 Å². The molecule has 3 N–H and O–H groups in total. The molecule has 0 amide bonds. The van der Waals surface area contributed by atoms with Gasteiger partial charge in [-0.25, -0.2) is 0 Å². The SMILES string of the molecule is CC(C)(O)OCCC(O)C(O)C1SCCS1. The number of hydrogen-bond acceptors (Lipinski definition) is 6. The standard InChI is InChI=1S/C10H20O4S2/c1-10(2,13)14-4-3-7(11)8(12)9-15-5-6-16-9/h7-9,11-13H,3-6H2,1-2H3. The van der Waals surface area contributed by atoms with Gasteiger partial charge in [0, 0.05) is 11.5 Å². The van der Waals surface area contributed by atoms with Crippen LogP contribution >= 0.6 is 23.5 Å². The van der Waals surface area contributed by atoms with Crippen molar-refractivity contribution >= 4 is 23.5 Å². The van der Waals surface area contributed by atoms with Gasteiger partial charge >= 0.3 is 0 Å². The predicted molar refractivity (Wildman–Crippen MR) is 67.6 cm³/mol. The minimum atomic E-state index is -1.18. The number of aliphatic hydroxyl groups is 3. The zero-order valence-corrected chi connectivity index (χ0v) is 11.3. The van der Waals surface area contributed by atoms with Gasteiger partial charge in [-0.3, -0.25) is 0 Å². The molecule has 0 saturated carbocycles. The summed E-state index contributed by atoms with van der Waals surface area (Å²) in [5.41, 5.74) is 0. The highest BCUT2D eigenvalue weighted by Gasteiger charge is 2.30. The summed E-state index contributed by atoms with van der Waals surface area (Å²) in [6.07, 6.45) is -1.17. The molecule has 1 rings (SSSR count). The van der Waals surface area contributed by atoms with E-state index in [2.05, 4.69) is 0 Å². The molecule has 6 heteroatoms. The quantitative estimate of drug-likeness (QED) is 0.615. The number of aliphatic hydroxyl groups excluding tert-OH is 2. The van der Waals surface area contributed by atoms with Gasteiger partial charge in [0.1, 0.15) is 6.10 Å². The first-order chi connectivity index (χ1) is 7.40. The summed E-state index contributed by atoms with van der Waals surface area (Å²) >= 11 is 3.36. The molecule has 0 aromatic heterocycles. The zero-order chi connectivity index (χ0) is 12.2. The van der Waals surface area contributed by atoms with Crippen molar-refractivity contribution in [2.24, 2.45) is 0 Å². The van der Waals surface area contributed by atoms with Crippen LogP contribution in [0.1, 0.15) is 20.3 Å². The lowest BCUT2D eigenvalue weighted by atomic mass is 10.2. The average Bonchev–Trinajstić information content (AvgIpc) is 2.67. The maximum absolute atomic E-state index is 9.84. The monoisotopic (exact) mass is 268 g/mol. The van der Waals surface area contributed by atoms with Crippen LogP contribution in [0.25, 0.3) is 0 Å². The Hall–Kier alpha value is 0.540. The third-order valence-electron chi connectivity index (χ3n) is 2.19. The van der Waals surface area contributed by atoms with Crippen LogP contribution in [0, 0.1) is 0 Å². The second-order valence-electron chi connectivity index (χ2n) is 4.25. The molecule has 4 nitrogen and oxygen atoms in total. The lowest BCUT2D eigenvalue weighted by molar-refractivity contribution is -0.181. The second kappa shape index (κ2) is 6.47. The van der Waals surface area contributed by atoms with E-state index in [1.807, 2.05) is 0 Å². The van der Waals surface area contributed by atoms with Gasteiger partial charge in [-0.1, -0.05) is 0 Å². The van der Waals surface area contributed by atoms with Crippen molar-refractivity contribution in [1.82, 2.24) is 0 Å². The van der Waals surface area contributed by atoms with E-state index >= 15 is 0 Å². The molecule has 96 valence electrons. The molecule has 1 saturated heterocycles. The normalized spacial score (nSPS) is 22.3. The third kappa shape index (κ3) is 5.25. The van der Waals surface area contributed by atoms with E-state index in [1.54, 1.807) is 37.4 Å². The lowest BCUT2D eigenvalue weighted by Gasteiger charge is -2.24. The molecule has 0 aromatic rings. The molecule has 2 atom stereocenters. The van der Waals surface area contributed by atoms with E-state index in [4.69, 9.17) is 4.74 Å². The van der Waals surface area contributed by atoms with Gasteiger partial charge in [-0.05, 0) is 20.3 Å². The molecule has 0 radical (unpaired) electrons. The summed E-state index contributed by atoms with van der Waals surface area (Å²) in [6.45, 7) is 3.32. The van der Waals surface area contributed by atoms with Crippen molar-refractivity contribution in [1.29, 1.82) is 0 Å². The van der Waals surface area contributed by atoms with Crippen LogP contribution < -0.4 is 0 Å². The molecule has 1 heterocycles. The molecule has 2 unspecified atom stereocenters. The average molecular weight is 268 g/mol. The fourth-order valence-electron chi connectivity index (χ4n) is 1.36. The highest BCUT2D eigenvalue weighted by Crippen LogP contribution is 2.35. The van der Waals surface area contributed by atoms with Gasteiger partial charge in [0.15, 0.2) is 5.79 Å². The first-order valence-corrected chi connectivity index (χ1v) is 7.45. The fourth-order valence-corrected chi connectivity index (χ4v) is 4.31. The number of hydrogen-bond donors (Lipinski definition) is 3. The lowest BCUT2D eigenvalue weighted by Crippen LogP contribution is -2.35. The molecule has 0 spiro atoms. The van der Waals surface area contributed by atoms with Crippen LogP contribution in [0.5, 0.6) is 0 Å². The Labute approximate surface area is 105 Å². The number of thioether (sulfide) groups is 2. The fraction of sp³-hybridized carbons (Fsp3) is 1.00. The van der Waals surface area contributed by atoms with Crippen LogP contribution in [0.2, 0.25) is 0 Å². The Kier molecular flexibility index (Phi) is 5.90. The van der Waals surface area contributed by atoms with Crippen molar-refractivity contribution in [3.8, 4) is 0 Å². The smallest absolute Gasteiger partial charge is 0.159 e. The predicted octanol–water partition coefficient (Wildman–Crippen LogP) is 0.649. The van der Waals surface area contributed by atoms with Gasteiger partial charge in [0.2, 0.25) is 0 Å². The van der Waals surface area contributed by atoms with Gasteiger partial charge in [0.25, 0.3) is 0 Å². The highest BCUT2D eigenvalue weighted by atomic mass is 32.2. The summed E-state index contributed by atoms with van der Waals surface area (Å²) in [5, 5.41) is 28.9. The Morgan fingerprint density at radius 2 is 1.88 bits per heavy atom. The van der Waals surface area contributed by atoms with Crippen molar-refractivity contribution < 1.29 is 20.1 Å². The maximum atomic E-state index is 9.84. The molecular formula is C10H20O4S2. The first kappa shape index (κ1) is 14.6. The van der Waals surface area contributed by atoms with Gasteiger partial charge in [-0.2, -0.15) is 0 Å². The van der Waals surface area contributed by atoms with E-state index in [9.17, 15) is 15.3 Å². The minimum Gasteiger partial charge on any atom is -0.390 e. The first-order valence-electron chi connectivity index (χ1n) is 5.36. The summed E-state index contributed by atoms with van der Waals surface area (Å²) in [7, 11) is 0. The van der Waals surface area contributed by atoms with E-state index in [1.165, 1.54) is 0 Å². The van der Waals surface area contributed by atoms with Crippen LogP contribution in [0.4, 0.5) is 0 Å². The number of rotatable bonds is 6. The van der Waals surface area contributed by atoms with Crippen LogP contribution in [0.3, 0.4) is 0 Å². The molecule has 1 aliphatic rings. The minimum absolute atomic E-state index is 0.0668. The molecule has 16 heavy (non-hydrogen) atoms. The molecule has 0 aliphatic carbocycles. The van der Waals surface area contributed by atoms with Gasteiger partial charge < -0.3 is 20.1 Å². The summed E-state index contributed by atoms with van der Waals surface area (Å²) < 4.78 is 5.15. The Balaban J connectivity index is 2.20. The van der Waals surface area contributed by atoms with Gasteiger partial charge in [0.05, 0.1) is 17.3 Å². The van der Waals surface area contributed by atoms with Crippen molar-refractivity contribution in [3.63, 3.8) is 0 Å². The summed E-state index contributed by atoms with van der Waals surface area (Å²) in [6, 6.07) is 0. The Morgan fingerprint density at radius 1 is 1.31 bits per heavy atom. The Bertz CT molecular complexity index is 201. The van der Waals surface area contributed by atoms with Crippen molar-refractivity contribution in [2.45, 2.75) is 42.8 Å². The van der Waals surface area contributed by atoms with Crippen LogP contribution in [-0.2, 0) is 4.74 Å².